The van der Waals surface area contributed by atoms with Crippen molar-refractivity contribution in [2.24, 2.45) is 0 Å². The molecule has 1 rings (SSSR count). The second-order valence-electron chi connectivity index (χ2n) is 3.28. The summed E-state index contributed by atoms with van der Waals surface area (Å²) >= 11 is 0. The van der Waals surface area contributed by atoms with E-state index < -0.39 is 6.10 Å². The average Bonchev–Trinajstić information content (AvgIpc) is 2.28. The second-order valence-corrected chi connectivity index (χ2v) is 3.28. The quantitative estimate of drug-likeness (QED) is 0.711. The predicted molar refractivity (Wildman–Crippen MR) is 57.9 cm³/mol. The van der Waals surface area contributed by atoms with Gasteiger partial charge < -0.3 is 9.47 Å². The Bertz CT molecular complexity index is 333. The largest absolute Gasteiger partial charge is 0.479 e. The normalized spacial score (nSPS) is 11.9. The van der Waals surface area contributed by atoms with E-state index in [1.165, 1.54) is 12.7 Å². The Morgan fingerprint density at radius 3 is 2.80 bits per heavy atom. The van der Waals surface area contributed by atoms with Gasteiger partial charge in [0.1, 0.15) is 5.75 Å². The summed E-state index contributed by atoms with van der Waals surface area (Å²) in [5.74, 6) is 0.337. The highest BCUT2D eigenvalue weighted by molar-refractivity contribution is 5.74. The maximum absolute atomic E-state index is 11.1. The van der Waals surface area contributed by atoms with Gasteiger partial charge in [0.25, 0.3) is 0 Å². The van der Waals surface area contributed by atoms with Crippen molar-refractivity contribution in [3.8, 4) is 5.75 Å². The molecule has 82 valence electrons. The lowest BCUT2D eigenvalue weighted by atomic mass is 10.2. The van der Waals surface area contributed by atoms with Crippen LogP contribution in [0.4, 0.5) is 0 Å². The van der Waals surface area contributed by atoms with Crippen molar-refractivity contribution in [2.45, 2.75) is 26.4 Å². The molecule has 0 aliphatic carbocycles. The number of rotatable bonds is 4. The highest BCUT2D eigenvalue weighted by Crippen LogP contribution is 2.15. The van der Waals surface area contributed by atoms with Crippen molar-refractivity contribution in [1.29, 1.82) is 0 Å². The molecule has 0 aromatic heterocycles. The molecule has 15 heavy (non-hydrogen) atoms. The Labute approximate surface area is 90.0 Å². The Balaban J connectivity index is 2.67. The van der Waals surface area contributed by atoms with E-state index in [2.05, 4.69) is 11.7 Å². The Kier molecular flexibility index (Phi) is 4.16. The van der Waals surface area contributed by atoms with Crippen molar-refractivity contribution in [2.75, 3.05) is 7.11 Å². The second kappa shape index (κ2) is 5.39. The van der Waals surface area contributed by atoms with Crippen LogP contribution in [0.1, 0.15) is 19.4 Å². The minimum absolute atomic E-state index is 0.364. The minimum atomic E-state index is -0.567. The highest BCUT2D eigenvalue weighted by Gasteiger charge is 2.14. The molecule has 3 nitrogen and oxygen atoms in total. The molecule has 0 spiro atoms. The lowest BCUT2D eigenvalue weighted by molar-refractivity contribution is -0.147. The molecule has 0 aliphatic rings. The fraction of sp³-hybridized carbons (Fsp3) is 0.417. The summed E-state index contributed by atoms with van der Waals surface area (Å²) in [6, 6.07) is 7.70. The van der Waals surface area contributed by atoms with Gasteiger partial charge in [-0.1, -0.05) is 19.1 Å². The van der Waals surface area contributed by atoms with Gasteiger partial charge in [0, 0.05) is 0 Å². The monoisotopic (exact) mass is 208 g/mol. The number of methoxy groups -OCH3 is 1. The van der Waals surface area contributed by atoms with Crippen molar-refractivity contribution in [3.63, 3.8) is 0 Å². The predicted octanol–water partition coefficient (Wildman–Crippen LogP) is 2.19. The zero-order chi connectivity index (χ0) is 11.3. The number of carbonyl (C=O) groups is 1. The third-order valence-electron chi connectivity index (χ3n) is 2.15. The van der Waals surface area contributed by atoms with E-state index in [1.807, 2.05) is 24.3 Å². The van der Waals surface area contributed by atoms with Gasteiger partial charge in [-0.05, 0) is 31.0 Å². The molecule has 0 heterocycles. The topological polar surface area (TPSA) is 35.5 Å². The molecule has 0 amide bonds. The van der Waals surface area contributed by atoms with Crippen LogP contribution in [0.25, 0.3) is 0 Å². The standard InChI is InChI=1S/C12H16O3/c1-4-10-6-5-7-11(8-10)15-9(2)12(13)14-3/h5-9H,4H2,1-3H3/t9-/m0/s1. The van der Waals surface area contributed by atoms with E-state index in [4.69, 9.17) is 4.74 Å². The molecule has 1 aromatic carbocycles. The van der Waals surface area contributed by atoms with Crippen LogP contribution in [0.15, 0.2) is 24.3 Å². The lowest BCUT2D eigenvalue weighted by Gasteiger charge is -2.12. The number of ether oxygens (including phenoxy) is 2. The van der Waals surface area contributed by atoms with Crippen molar-refractivity contribution in [1.82, 2.24) is 0 Å². The molecule has 3 heteroatoms. The van der Waals surface area contributed by atoms with E-state index in [1.54, 1.807) is 6.92 Å². The maximum Gasteiger partial charge on any atom is 0.346 e. The van der Waals surface area contributed by atoms with Crippen LogP contribution in [0, 0.1) is 0 Å². The first-order valence-electron chi connectivity index (χ1n) is 5.00. The van der Waals surface area contributed by atoms with Crippen molar-refractivity contribution < 1.29 is 14.3 Å². The first-order valence-corrected chi connectivity index (χ1v) is 5.00. The minimum Gasteiger partial charge on any atom is -0.479 e. The van der Waals surface area contributed by atoms with E-state index in [0.717, 1.165) is 6.42 Å². The molecule has 0 fully saturated rings. The molecule has 0 aliphatic heterocycles. The van der Waals surface area contributed by atoms with E-state index in [9.17, 15) is 4.79 Å². The third kappa shape index (κ3) is 3.27. The molecule has 0 N–H and O–H groups in total. The van der Waals surface area contributed by atoms with Gasteiger partial charge in [-0.2, -0.15) is 0 Å². The van der Waals surface area contributed by atoms with Crippen LogP contribution in [0.2, 0.25) is 0 Å². The summed E-state index contributed by atoms with van der Waals surface area (Å²) in [6.45, 7) is 3.74. The van der Waals surface area contributed by atoms with Gasteiger partial charge in [-0.3, -0.25) is 0 Å². The number of benzene rings is 1. The molecule has 0 radical (unpaired) electrons. The number of carbonyl (C=O) groups excluding carboxylic acids is 1. The van der Waals surface area contributed by atoms with Crippen LogP contribution < -0.4 is 4.74 Å². The van der Waals surface area contributed by atoms with Crippen molar-refractivity contribution in [3.05, 3.63) is 29.8 Å². The smallest absolute Gasteiger partial charge is 0.346 e. The van der Waals surface area contributed by atoms with Gasteiger partial charge in [0.2, 0.25) is 0 Å². The Morgan fingerprint density at radius 2 is 2.20 bits per heavy atom. The molecule has 0 saturated heterocycles. The molecule has 1 aromatic rings. The highest BCUT2D eigenvalue weighted by atomic mass is 16.6. The molecule has 0 bridgehead atoms. The number of hydrogen-bond donors (Lipinski definition) is 0. The number of esters is 1. The first-order chi connectivity index (χ1) is 7.17. The fourth-order valence-corrected chi connectivity index (χ4v) is 1.26. The van der Waals surface area contributed by atoms with Gasteiger partial charge in [-0.25, -0.2) is 4.79 Å². The average molecular weight is 208 g/mol. The first kappa shape index (κ1) is 11.6. The summed E-state index contributed by atoms with van der Waals surface area (Å²) in [6.07, 6.45) is 0.381. The summed E-state index contributed by atoms with van der Waals surface area (Å²) in [5, 5.41) is 0. The number of hydrogen-bond acceptors (Lipinski definition) is 3. The van der Waals surface area contributed by atoms with Crippen LogP contribution >= 0.6 is 0 Å². The maximum atomic E-state index is 11.1. The SMILES string of the molecule is CCc1cccc(O[C@@H](C)C(=O)OC)c1. The lowest BCUT2D eigenvalue weighted by Crippen LogP contribution is -2.24. The molecule has 1 atom stereocenters. The summed E-state index contributed by atoms with van der Waals surface area (Å²) in [7, 11) is 1.35. The summed E-state index contributed by atoms with van der Waals surface area (Å²) in [4.78, 5) is 11.1. The van der Waals surface area contributed by atoms with Gasteiger partial charge >= 0.3 is 5.97 Å². The molecule has 0 saturated carbocycles. The Hall–Kier alpha value is -1.51. The zero-order valence-corrected chi connectivity index (χ0v) is 9.32. The van der Waals surface area contributed by atoms with E-state index in [0.29, 0.717) is 5.75 Å². The zero-order valence-electron chi connectivity index (χ0n) is 9.32. The van der Waals surface area contributed by atoms with Crippen LogP contribution in [0.3, 0.4) is 0 Å². The molecular formula is C12H16O3. The number of aryl methyl sites for hydroxylation is 1. The van der Waals surface area contributed by atoms with Gasteiger partial charge in [0.15, 0.2) is 6.10 Å². The van der Waals surface area contributed by atoms with Crippen LogP contribution in [-0.2, 0) is 16.0 Å². The van der Waals surface area contributed by atoms with Crippen LogP contribution in [-0.4, -0.2) is 19.2 Å². The fourth-order valence-electron chi connectivity index (χ4n) is 1.26. The Morgan fingerprint density at radius 1 is 1.47 bits per heavy atom. The summed E-state index contributed by atoms with van der Waals surface area (Å²) < 4.78 is 10.0. The molecular weight excluding hydrogens is 192 g/mol. The van der Waals surface area contributed by atoms with Crippen molar-refractivity contribution >= 4 is 5.97 Å². The van der Waals surface area contributed by atoms with Crippen LogP contribution in [0.5, 0.6) is 5.75 Å². The summed E-state index contributed by atoms with van der Waals surface area (Å²) in [5.41, 5.74) is 1.18. The molecule has 0 unspecified atom stereocenters. The van der Waals surface area contributed by atoms with Gasteiger partial charge in [-0.15, -0.1) is 0 Å². The van der Waals surface area contributed by atoms with Gasteiger partial charge in [0.05, 0.1) is 7.11 Å². The third-order valence-corrected chi connectivity index (χ3v) is 2.15. The van der Waals surface area contributed by atoms with E-state index >= 15 is 0 Å². The van der Waals surface area contributed by atoms with E-state index in [-0.39, 0.29) is 5.97 Å².